The van der Waals surface area contributed by atoms with Gasteiger partial charge in [-0.15, -0.1) is 0 Å². The number of amides is 2. The molecule has 1 unspecified atom stereocenters. The van der Waals surface area contributed by atoms with E-state index < -0.39 is 30.1 Å². The minimum absolute atomic E-state index is 0.0146. The molecule has 1 aromatic heterocycles. The molecule has 184 valence electrons. The number of carbonyl (C=O) groups excluding carboxylic acids is 3. The summed E-state index contributed by atoms with van der Waals surface area (Å²) >= 11 is 0. The van der Waals surface area contributed by atoms with E-state index in [1.54, 1.807) is 30.3 Å². The number of ether oxygens (including phenoxy) is 2. The third kappa shape index (κ3) is 5.73. The van der Waals surface area contributed by atoms with E-state index in [1.165, 1.54) is 24.1 Å². The van der Waals surface area contributed by atoms with Gasteiger partial charge in [-0.1, -0.05) is 6.07 Å². The number of cyclic esters (lactones) is 1. The van der Waals surface area contributed by atoms with Crippen LogP contribution in [0.1, 0.15) is 12.6 Å². The van der Waals surface area contributed by atoms with Crippen LogP contribution in [0.25, 0.3) is 16.8 Å². The van der Waals surface area contributed by atoms with Crippen LogP contribution in [0.2, 0.25) is 0 Å². The van der Waals surface area contributed by atoms with Gasteiger partial charge in [0.1, 0.15) is 24.6 Å². The number of benzene rings is 1. The van der Waals surface area contributed by atoms with E-state index in [-0.39, 0.29) is 32.1 Å². The number of nitrogens with two attached hydrogens (primary N) is 1. The number of aromatic nitrogens is 1. The maximum absolute atomic E-state index is 14.9. The van der Waals surface area contributed by atoms with Crippen molar-refractivity contribution in [2.75, 3.05) is 31.1 Å². The lowest BCUT2D eigenvalue weighted by atomic mass is 10.1. The van der Waals surface area contributed by atoms with Gasteiger partial charge in [-0.25, -0.2) is 9.18 Å². The predicted molar refractivity (Wildman–Crippen MR) is 122 cm³/mol. The van der Waals surface area contributed by atoms with Crippen molar-refractivity contribution in [1.82, 2.24) is 15.8 Å². The summed E-state index contributed by atoms with van der Waals surface area (Å²) < 4.78 is 25.1. The maximum atomic E-state index is 14.9. The molecule has 0 radical (unpaired) electrons. The van der Waals surface area contributed by atoms with Crippen LogP contribution in [0.15, 0.2) is 42.6 Å². The Kier molecular flexibility index (Phi) is 7.22. The molecule has 35 heavy (non-hydrogen) atoms. The summed E-state index contributed by atoms with van der Waals surface area (Å²) in [5.41, 5.74) is 10.3. The smallest absolute Gasteiger partial charge is 0.414 e. The predicted octanol–water partition coefficient (Wildman–Crippen LogP) is 1.10. The van der Waals surface area contributed by atoms with Gasteiger partial charge in [0, 0.05) is 24.2 Å². The standard InChI is InChI=1S/C23H24FN5O6/c1-13(30)26-10-17-11-29(23(32)34-17)15-3-4-18(19(24)6-15)14-2-5-20(27-9-14)21-7-16(35-28-21)12-33-22(31)8-25/h2-7,9,16-17,28H,8,10-12,25H2,1H3,(H,26,30)/t16-,17?/m0/s1. The molecular weight excluding hydrogens is 461 g/mol. The van der Waals surface area contributed by atoms with Gasteiger partial charge in [0.05, 0.1) is 36.7 Å². The fourth-order valence-corrected chi connectivity index (χ4v) is 3.56. The fraction of sp³-hybridized carbons (Fsp3) is 0.304. The molecule has 0 aliphatic carbocycles. The summed E-state index contributed by atoms with van der Waals surface area (Å²) in [4.78, 5) is 45.4. The van der Waals surface area contributed by atoms with Crippen LogP contribution in [0.5, 0.6) is 0 Å². The van der Waals surface area contributed by atoms with Gasteiger partial charge in [0.2, 0.25) is 5.91 Å². The van der Waals surface area contributed by atoms with Crippen LogP contribution in [0, 0.1) is 5.82 Å². The Morgan fingerprint density at radius 1 is 1.34 bits per heavy atom. The van der Waals surface area contributed by atoms with Crippen LogP contribution in [-0.2, 0) is 23.9 Å². The molecule has 0 bridgehead atoms. The van der Waals surface area contributed by atoms with Crippen LogP contribution < -0.4 is 21.4 Å². The fourth-order valence-electron chi connectivity index (χ4n) is 3.56. The van der Waals surface area contributed by atoms with Gasteiger partial charge in [0.15, 0.2) is 0 Å². The first-order valence-corrected chi connectivity index (χ1v) is 10.8. The van der Waals surface area contributed by atoms with Crippen molar-refractivity contribution in [2.24, 2.45) is 5.73 Å². The summed E-state index contributed by atoms with van der Waals surface area (Å²) in [5, 5.41) is 2.60. The summed E-state index contributed by atoms with van der Waals surface area (Å²) in [7, 11) is 0. The Labute approximate surface area is 200 Å². The lowest BCUT2D eigenvalue weighted by Crippen LogP contribution is -2.33. The number of hydrogen-bond acceptors (Lipinski definition) is 9. The Hall–Kier alpha value is -4.03. The molecule has 11 nitrogen and oxygen atoms in total. The first-order chi connectivity index (χ1) is 16.8. The molecule has 2 atom stereocenters. The SMILES string of the molecule is CC(=O)NCC1CN(c2ccc(-c3ccc(C4=C[C@@H](COC(=O)CN)ON4)nc3)c(F)c2)C(=O)O1. The highest BCUT2D eigenvalue weighted by Gasteiger charge is 2.32. The molecule has 2 amide bonds. The van der Waals surface area contributed by atoms with Gasteiger partial charge in [-0.05, 0) is 30.3 Å². The molecule has 1 aromatic carbocycles. The summed E-state index contributed by atoms with van der Waals surface area (Å²) in [6.07, 6.45) is 1.64. The van der Waals surface area contributed by atoms with Crippen LogP contribution in [0.3, 0.4) is 0 Å². The first-order valence-electron chi connectivity index (χ1n) is 10.8. The Morgan fingerprint density at radius 3 is 2.86 bits per heavy atom. The number of carbonyl (C=O) groups is 3. The van der Waals surface area contributed by atoms with E-state index in [2.05, 4.69) is 15.8 Å². The Morgan fingerprint density at radius 2 is 2.17 bits per heavy atom. The molecular formula is C23H24FN5O6. The van der Waals surface area contributed by atoms with Crippen molar-refractivity contribution in [3.05, 3.63) is 54.1 Å². The highest BCUT2D eigenvalue weighted by Crippen LogP contribution is 2.29. The van der Waals surface area contributed by atoms with Crippen LogP contribution >= 0.6 is 0 Å². The summed E-state index contributed by atoms with van der Waals surface area (Å²) in [6, 6.07) is 7.85. The zero-order valence-corrected chi connectivity index (χ0v) is 18.8. The minimum Gasteiger partial charge on any atom is -0.462 e. The number of halogens is 1. The number of anilines is 1. The zero-order chi connectivity index (χ0) is 24.9. The molecule has 2 aliphatic rings. The summed E-state index contributed by atoms with van der Waals surface area (Å²) in [6.45, 7) is 1.56. The van der Waals surface area contributed by atoms with Gasteiger partial charge in [-0.3, -0.25) is 29.8 Å². The molecule has 1 fully saturated rings. The van der Waals surface area contributed by atoms with Gasteiger partial charge >= 0.3 is 12.1 Å². The van der Waals surface area contributed by atoms with Gasteiger partial charge in [0.25, 0.3) is 0 Å². The highest BCUT2D eigenvalue weighted by atomic mass is 19.1. The first kappa shape index (κ1) is 24.1. The number of pyridine rings is 1. The number of hydroxylamine groups is 1. The number of rotatable bonds is 8. The number of esters is 1. The van der Waals surface area contributed by atoms with Gasteiger partial charge in [-0.2, -0.15) is 0 Å². The van der Waals surface area contributed by atoms with Crippen LogP contribution in [-0.4, -0.2) is 61.4 Å². The number of nitrogens with one attached hydrogen (secondary N) is 2. The number of nitrogens with zero attached hydrogens (tertiary/aromatic N) is 2. The van der Waals surface area contributed by atoms with E-state index in [9.17, 15) is 18.8 Å². The van der Waals surface area contributed by atoms with E-state index in [1.807, 2.05) is 0 Å². The summed E-state index contributed by atoms with van der Waals surface area (Å²) in [5.74, 6) is -1.29. The molecule has 4 N–H and O–H groups in total. The normalized spacial score (nSPS) is 19.1. The molecule has 3 heterocycles. The van der Waals surface area contributed by atoms with E-state index in [4.69, 9.17) is 20.0 Å². The van der Waals surface area contributed by atoms with Crippen molar-refractivity contribution in [3.63, 3.8) is 0 Å². The average molecular weight is 485 g/mol. The minimum atomic E-state index is -0.603. The third-order valence-electron chi connectivity index (χ3n) is 5.32. The monoisotopic (exact) mass is 485 g/mol. The average Bonchev–Trinajstić information content (AvgIpc) is 3.48. The maximum Gasteiger partial charge on any atom is 0.414 e. The molecule has 4 rings (SSSR count). The topological polar surface area (TPSA) is 145 Å². The van der Waals surface area contributed by atoms with Crippen LogP contribution in [0.4, 0.5) is 14.9 Å². The van der Waals surface area contributed by atoms with E-state index in [0.29, 0.717) is 28.2 Å². The van der Waals surface area contributed by atoms with Crippen molar-refractivity contribution >= 4 is 29.4 Å². The molecule has 2 aliphatic heterocycles. The Bertz CT molecular complexity index is 1160. The molecule has 1 saturated heterocycles. The van der Waals surface area contributed by atoms with Crippen molar-refractivity contribution in [1.29, 1.82) is 0 Å². The van der Waals surface area contributed by atoms with E-state index in [0.717, 1.165) is 0 Å². The van der Waals surface area contributed by atoms with Gasteiger partial charge < -0.3 is 20.5 Å². The molecule has 0 saturated carbocycles. The lowest BCUT2D eigenvalue weighted by Gasteiger charge is -2.14. The van der Waals surface area contributed by atoms with E-state index >= 15 is 0 Å². The molecule has 2 aromatic rings. The Balaban J connectivity index is 1.42. The molecule has 12 heteroatoms. The van der Waals surface area contributed by atoms with Crippen molar-refractivity contribution in [2.45, 2.75) is 19.1 Å². The van der Waals surface area contributed by atoms with Crippen molar-refractivity contribution in [3.8, 4) is 11.1 Å². The molecule has 0 spiro atoms. The zero-order valence-electron chi connectivity index (χ0n) is 18.8. The second kappa shape index (κ2) is 10.5. The second-order valence-corrected chi connectivity index (χ2v) is 7.88. The largest absolute Gasteiger partial charge is 0.462 e. The number of hydrogen-bond donors (Lipinski definition) is 3. The quantitative estimate of drug-likeness (QED) is 0.468. The lowest BCUT2D eigenvalue weighted by molar-refractivity contribution is -0.145. The van der Waals surface area contributed by atoms with Crippen molar-refractivity contribution < 1.29 is 33.1 Å². The second-order valence-electron chi connectivity index (χ2n) is 7.88. The third-order valence-corrected chi connectivity index (χ3v) is 5.32. The highest BCUT2D eigenvalue weighted by molar-refractivity contribution is 5.90.